The van der Waals surface area contributed by atoms with Crippen LogP contribution >= 0.6 is 0 Å². The molecule has 2 heterocycles. The maximum atomic E-state index is 11.9. The van der Waals surface area contributed by atoms with Crippen molar-refractivity contribution in [3.63, 3.8) is 0 Å². The molecule has 6 heteroatoms. The molecule has 0 fully saturated rings. The standard InChI is InChI=1S/C18H20N2O4/c1-3-18(4-2)13-10-7-5-6-8-12(10)20-14(13)11(16(21)22)9-19-15(18)17(23)24/h5-9,15,19-20H,3-4H2,1-2H3,(H,21,22)(H,23,24)/t15-/m0/s1. The highest BCUT2D eigenvalue weighted by molar-refractivity contribution is 6.17. The van der Waals surface area contributed by atoms with Crippen molar-refractivity contribution in [1.82, 2.24) is 10.3 Å². The minimum atomic E-state index is -1.09. The third kappa shape index (κ3) is 2.10. The number of fused-ring (bicyclic) bond motifs is 3. The lowest BCUT2D eigenvalue weighted by molar-refractivity contribution is -0.141. The van der Waals surface area contributed by atoms with E-state index >= 15 is 0 Å². The zero-order chi connectivity index (χ0) is 17.5. The van der Waals surface area contributed by atoms with Crippen LogP contribution in [0.3, 0.4) is 0 Å². The third-order valence-corrected chi connectivity index (χ3v) is 5.16. The fourth-order valence-corrected chi connectivity index (χ4v) is 3.89. The summed E-state index contributed by atoms with van der Waals surface area (Å²) in [6, 6.07) is 6.64. The number of nitrogens with one attached hydrogen (secondary N) is 2. The van der Waals surface area contributed by atoms with Crippen molar-refractivity contribution in [2.75, 3.05) is 0 Å². The number of benzene rings is 1. The number of H-pyrrole nitrogens is 1. The number of carboxylic acid groups (broad SMARTS) is 2. The maximum absolute atomic E-state index is 11.9. The van der Waals surface area contributed by atoms with Crippen LogP contribution in [0.1, 0.15) is 37.9 Å². The Morgan fingerprint density at radius 2 is 1.83 bits per heavy atom. The molecule has 0 aliphatic carbocycles. The molecule has 3 rings (SSSR count). The molecule has 1 aromatic carbocycles. The number of aliphatic carboxylic acids is 2. The Morgan fingerprint density at radius 1 is 1.17 bits per heavy atom. The van der Waals surface area contributed by atoms with E-state index in [4.69, 9.17) is 0 Å². The Balaban J connectivity index is 2.44. The van der Waals surface area contributed by atoms with Gasteiger partial charge in [0.15, 0.2) is 0 Å². The number of hydrogen-bond acceptors (Lipinski definition) is 3. The average molecular weight is 328 g/mol. The molecule has 24 heavy (non-hydrogen) atoms. The number of carbonyl (C=O) groups is 2. The van der Waals surface area contributed by atoms with Crippen molar-refractivity contribution < 1.29 is 19.8 Å². The topological polar surface area (TPSA) is 102 Å². The van der Waals surface area contributed by atoms with Gasteiger partial charge in [-0.3, -0.25) is 0 Å². The van der Waals surface area contributed by atoms with Gasteiger partial charge >= 0.3 is 11.9 Å². The van der Waals surface area contributed by atoms with Gasteiger partial charge < -0.3 is 20.5 Å². The first-order valence-electron chi connectivity index (χ1n) is 8.00. The largest absolute Gasteiger partial charge is 0.480 e. The fourth-order valence-electron chi connectivity index (χ4n) is 3.89. The Labute approximate surface area is 139 Å². The summed E-state index contributed by atoms with van der Waals surface area (Å²) in [5.41, 5.74) is 1.41. The smallest absolute Gasteiger partial charge is 0.339 e. The Hall–Kier alpha value is -2.76. The highest BCUT2D eigenvalue weighted by Gasteiger charge is 2.47. The first kappa shape index (κ1) is 16.1. The van der Waals surface area contributed by atoms with E-state index in [9.17, 15) is 19.8 Å². The highest BCUT2D eigenvalue weighted by Crippen LogP contribution is 2.45. The minimum absolute atomic E-state index is 0.0521. The lowest BCUT2D eigenvalue weighted by atomic mass is 9.69. The third-order valence-electron chi connectivity index (χ3n) is 5.16. The highest BCUT2D eigenvalue weighted by atomic mass is 16.4. The molecule has 0 unspecified atom stereocenters. The average Bonchev–Trinajstić information content (AvgIpc) is 2.86. The number of para-hydroxylation sites is 1. The second-order valence-electron chi connectivity index (χ2n) is 6.08. The molecule has 1 aliphatic heterocycles. The quantitative estimate of drug-likeness (QED) is 0.691. The number of carboxylic acids is 2. The molecule has 1 atom stereocenters. The molecule has 0 saturated carbocycles. The van der Waals surface area contributed by atoms with E-state index in [0.29, 0.717) is 18.5 Å². The van der Waals surface area contributed by atoms with E-state index in [1.807, 2.05) is 38.1 Å². The van der Waals surface area contributed by atoms with Crippen LogP contribution in [0.2, 0.25) is 0 Å². The monoisotopic (exact) mass is 328 g/mol. The molecule has 126 valence electrons. The van der Waals surface area contributed by atoms with Crippen molar-refractivity contribution in [2.45, 2.75) is 38.1 Å². The van der Waals surface area contributed by atoms with Gasteiger partial charge in [0.2, 0.25) is 0 Å². The Bertz CT molecular complexity index is 846. The SMILES string of the molecule is CCC1(CC)c2c([nH]c3ccccc23)C(C(=O)O)=CN[C@H]1C(=O)O. The van der Waals surface area contributed by atoms with Crippen LogP contribution in [0.15, 0.2) is 30.5 Å². The molecule has 0 saturated heterocycles. The van der Waals surface area contributed by atoms with Crippen LogP contribution in [0.4, 0.5) is 0 Å². The van der Waals surface area contributed by atoms with Crippen molar-refractivity contribution in [3.8, 4) is 0 Å². The van der Waals surface area contributed by atoms with Gasteiger partial charge in [0, 0.05) is 22.5 Å². The van der Waals surface area contributed by atoms with Crippen molar-refractivity contribution >= 4 is 28.4 Å². The lowest BCUT2D eigenvalue weighted by Crippen LogP contribution is -2.50. The normalized spacial score (nSPS) is 19.1. The first-order valence-corrected chi connectivity index (χ1v) is 8.00. The van der Waals surface area contributed by atoms with Crippen molar-refractivity contribution in [2.24, 2.45) is 0 Å². The summed E-state index contributed by atoms with van der Waals surface area (Å²) in [5.74, 6) is -2.08. The van der Waals surface area contributed by atoms with Gasteiger partial charge in [0.1, 0.15) is 6.04 Å². The van der Waals surface area contributed by atoms with E-state index in [1.165, 1.54) is 6.20 Å². The van der Waals surface area contributed by atoms with Gasteiger partial charge in [-0.05, 0) is 24.5 Å². The molecule has 0 radical (unpaired) electrons. The van der Waals surface area contributed by atoms with E-state index in [2.05, 4.69) is 10.3 Å². The maximum Gasteiger partial charge on any atom is 0.339 e. The molecule has 0 amide bonds. The second kappa shape index (κ2) is 5.70. The molecule has 1 aromatic heterocycles. The van der Waals surface area contributed by atoms with Crippen LogP contribution in [0.25, 0.3) is 16.5 Å². The molecule has 4 N–H and O–H groups in total. The Kier molecular flexibility index (Phi) is 3.83. The predicted molar refractivity (Wildman–Crippen MR) is 90.7 cm³/mol. The summed E-state index contributed by atoms with van der Waals surface area (Å²) in [4.78, 5) is 26.9. The van der Waals surface area contributed by atoms with Crippen LogP contribution < -0.4 is 5.32 Å². The molecular weight excluding hydrogens is 308 g/mol. The molecule has 0 bridgehead atoms. The number of hydrogen-bond donors (Lipinski definition) is 4. The fraction of sp³-hybridized carbons (Fsp3) is 0.333. The summed E-state index contributed by atoms with van der Waals surface area (Å²) >= 11 is 0. The van der Waals surface area contributed by atoms with Crippen LogP contribution in [-0.2, 0) is 15.0 Å². The minimum Gasteiger partial charge on any atom is -0.480 e. The van der Waals surface area contributed by atoms with Gasteiger partial charge in [-0.15, -0.1) is 0 Å². The van der Waals surface area contributed by atoms with Gasteiger partial charge in [-0.1, -0.05) is 32.0 Å². The summed E-state index contributed by atoms with van der Waals surface area (Å²) in [5, 5.41) is 23.1. The van der Waals surface area contributed by atoms with Crippen molar-refractivity contribution in [3.05, 3.63) is 41.7 Å². The van der Waals surface area contributed by atoms with Crippen LogP contribution in [-0.4, -0.2) is 33.2 Å². The summed E-state index contributed by atoms with van der Waals surface area (Å²) in [6.07, 6.45) is 2.45. The molecular formula is C18H20N2O4. The van der Waals surface area contributed by atoms with Gasteiger partial charge in [0.05, 0.1) is 11.3 Å². The van der Waals surface area contributed by atoms with Gasteiger partial charge in [-0.2, -0.15) is 0 Å². The summed E-state index contributed by atoms with van der Waals surface area (Å²) in [7, 11) is 0. The number of aromatic amines is 1. The van der Waals surface area contributed by atoms with E-state index in [0.717, 1.165) is 16.5 Å². The summed E-state index contributed by atoms with van der Waals surface area (Å²) < 4.78 is 0. The van der Waals surface area contributed by atoms with Gasteiger partial charge in [-0.25, -0.2) is 9.59 Å². The van der Waals surface area contributed by atoms with E-state index < -0.39 is 23.4 Å². The number of aromatic nitrogens is 1. The predicted octanol–water partition coefficient (Wildman–Crippen LogP) is 2.71. The lowest BCUT2D eigenvalue weighted by Gasteiger charge is -2.37. The van der Waals surface area contributed by atoms with Crippen molar-refractivity contribution in [1.29, 1.82) is 0 Å². The molecule has 0 spiro atoms. The zero-order valence-electron chi connectivity index (χ0n) is 13.6. The van der Waals surface area contributed by atoms with Crippen LogP contribution in [0.5, 0.6) is 0 Å². The zero-order valence-corrected chi connectivity index (χ0v) is 13.6. The Morgan fingerprint density at radius 3 is 2.42 bits per heavy atom. The number of rotatable bonds is 4. The molecule has 2 aromatic rings. The van der Waals surface area contributed by atoms with Crippen LogP contribution in [0, 0.1) is 0 Å². The summed E-state index contributed by atoms with van der Waals surface area (Å²) in [6.45, 7) is 3.89. The second-order valence-corrected chi connectivity index (χ2v) is 6.08. The first-order chi connectivity index (χ1) is 11.5. The molecule has 1 aliphatic rings. The van der Waals surface area contributed by atoms with Gasteiger partial charge in [0.25, 0.3) is 0 Å². The van der Waals surface area contributed by atoms with E-state index in [1.54, 1.807) is 0 Å². The van der Waals surface area contributed by atoms with E-state index in [-0.39, 0.29) is 5.57 Å². The molecule has 6 nitrogen and oxygen atoms in total.